The Morgan fingerprint density at radius 2 is 1.67 bits per heavy atom. The number of amides is 1. The third kappa shape index (κ3) is 7.10. The lowest BCUT2D eigenvalue weighted by Gasteiger charge is -2.23. The van der Waals surface area contributed by atoms with Crippen molar-refractivity contribution in [2.45, 2.75) is 13.2 Å². The molecule has 0 aromatic heterocycles. The summed E-state index contributed by atoms with van der Waals surface area (Å²) in [4.78, 5) is 12.3. The van der Waals surface area contributed by atoms with Crippen molar-refractivity contribution in [3.63, 3.8) is 0 Å². The van der Waals surface area contributed by atoms with Crippen LogP contribution in [-0.4, -0.2) is 33.7 Å². The fourth-order valence-electron chi connectivity index (χ4n) is 3.10. The topological polar surface area (TPSA) is 75.7 Å². The molecule has 0 aliphatic rings. The smallest absolute Gasteiger partial charge is 0.251 e. The van der Waals surface area contributed by atoms with Crippen LogP contribution in [0.2, 0.25) is 0 Å². The Hall–Kier alpha value is -3.30. The van der Waals surface area contributed by atoms with Gasteiger partial charge in [-0.15, -0.1) is 0 Å². The van der Waals surface area contributed by atoms with E-state index in [1.165, 1.54) is 0 Å². The standard InChI is InChI=1S/C24H24F2N2O4S/c1-33(30,31)28(23-12-11-21(25)15-22(23)26)16-18-7-9-20(10-8-18)24(29)27-13-14-32-17-19-5-3-2-4-6-19/h2-12,15H,13-14,16-17H2,1H3,(H,27,29). The number of carbonyl (C=O) groups is 1. The molecular formula is C24H24F2N2O4S. The van der Waals surface area contributed by atoms with Crippen molar-refractivity contribution < 1.29 is 26.7 Å². The van der Waals surface area contributed by atoms with E-state index in [0.29, 0.717) is 37.0 Å². The van der Waals surface area contributed by atoms with Gasteiger partial charge in [-0.05, 0) is 35.4 Å². The van der Waals surface area contributed by atoms with Gasteiger partial charge in [0.2, 0.25) is 10.0 Å². The molecule has 33 heavy (non-hydrogen) atoms. The van der Waals surface area contributed by atoms with Crippen molar-refractivity contribution in [2.75, 3.05) is 23.7 Å². The Balaban J connectivity index is 1.56. The van der Waals surface area contributed by atoms with E-state index in [9.17, 15) is 22.0 Å². The lowest BCUT2D eigenvalue weighted by atomic mass is 10.1. The Labute approximate surface area is 191 Å². The second kappa shape index (κ2) is 11.0. The van der Waals surface area contributed by atoms with E-state index in [1.54, 1.807) is 24.3 Å². The molecule has 0 spiro atoms. The highest BCUT2D eigenvalue weighted by atomic mass is 32.2. The van der Waals surface area contributed by atoms with E-state index in [0.717, 1.165) is 28.3 Å². The average molecular weight is 475 g/mol. The van der Waals surface area contributed by atoms with Gasteiger partial charge < -0.3 is 10.1 Å². The average Bonchev–Trinajstić information content (AvgIpc) is 2.78. The fourth-order valence-corrected chi connectivity index (χ4v) is 3.98. The van der Waals surface area contributed by atoms with E-state index in [1.807, 2.05) is 30.3 Å². The number of ether oxygens (including phenoxy) is 1. The van der Waals surface area contributed by atoms with E-state index < -0.39 is 21.7 Å². The molecular weight excluding hydrogens is 450 g/mol. The summed E-state index contributed by atoms with van der Waals surface area (Å²) in [7, 11) is -3.84. The molecule has 0 heterocycles. The van der Waals surface area contributed by atoms with Gasteiger partial charge in [0.05, 0.1) is 31.7 Å². The molecule has 6 nitrogen and oxygen atoms in total. The first-order valence-electron chi connectivity index (χ1n) is 10.2. The Bertz CT molecular complexity index is 1190. The Morgan fingerprint density at radius 1 is 0.970 bits per heavy atom. The molecule has 1 amide bonds. The monoisotopic (exact) mass is 474 g/mol. The molecule has 0 saturated heterocycles. The first kappa shape index (κ1) is 24.3. The SMILES string of the molecule is CS(=O)(=O)N(Cc1ccc(C(=O)NCCOCc2ccccc2)cc1)c1ccc(F)cc1F. The van der Waals surface area contributed by atoms with Crippen LogP contribution in [0.1, 0.15) is 21.5 Å². The highest BCUT2D eigenvalue weighted by molar-refractivity contribution is 7.92. The lowest BCUT2D eigenvalue weighted by molar-refractivity contribution is 0.0901. The molecule has 0 bridgehead atoms. The second-order valence-corrected chi connectivity index (χ2v) is 9.26. The van der Waals surface area contributed by atoms with Gasteiger partial charge in [0.1, 0.15) is 11.6 Å². The molecule has 0 fully saturated rings. The number of hydrogen-bond donors (Lipinski definition) is 1. The third-order valence-electron chi connectivity index (χ3n) is 4.76. The Morgan fingerprint density at radius 3 is 2.30 bits per heavy atom. The van der Waals surface area contributed by atoms with E-state index >= 15 is 0 Å². The molecule has 3 aromatic carbocycles. The molecule has 0 radical (unpaired) electrons. The minimum absolute atomic E-state index is 0.170. The van der Waals surface area contributed by atoms with E-state index in [2.05, 4.69) is 5.32 Å². The zero-order valence-electron chi connectivity index (χ0n) is 18.0. The highest BCUT2D eigenvalue weighted by Gasteiger charge is 2.21. The van der Waals surface area contributed by atoms with Crippen LogP contribution in [0.15, 0.2) is 72.8 Å². The summed E-state index contributed by atoms with van der Waals surface area (Å²) in [6, 6.07) is 18.7. The number of anilines is 1. The van der Waals surface area contributed by atoms with E-state index in [4.69, 9.17) is 4.74 Å². The zero-order valence-corrected chi connectivity index (χ0v) is 18.8. The number of nitrogens with zero attached hydrogens (tertiary/aromatic N) is 1. The van der Waals surface area contributed by atoms with Crippen molar-refractivity contribution in [3.05, 3.63) is 101 Å². The van der Waals surface area contributed by atoms with Crippen LogP contribution >= 0.6 is 0 Å². The number of hydrogen-bond acceptors (Lipinski definition) is 4. The zero-order chi connectivity index (χ0) is 23.8. The lowest BCUT2D eigenvalue weighted by Crippen LogP contribution is -2.30. The summed E-state index contributed by atoms with van der Waals surface area (Å²) in [5.41, 5.74) is 1.71. The second-order valence-electron chi connectivity index (χ2n) is 7.36. The minimum Gasteiger partial charge on any atom is -0.375 e. The molecule has 9 heteroatoms. The van der Waals surface area contributed by atoms with Gasteiger partial charge in [0.25, 0.3) is 5.91 Å². The van der Waals surface area contributed by atoms with Gasteiger partial charge in [0, 0.05) is 18.2 Å². The van der Waals surface area contributed by atoms with Crippen LogP contribution in [-0.2, 0) is 27.9 Å². The van der Waals surface area contributed by atoms with Crippen LogP contribution in [0.5, 0.6) is 0 Å². The first-order valence-corrected chi connectivity index (χ1v) is 12.0. The first-order chi connectivity index (χ1) is 15.7. The van der Waals surface area contributed by atoms with Gasteiger partial charge in [0.15, 0.2) is 0 Å². The number of benzene rings is 3. The molecule has 0 atom stereocenters. The molecule has 1 N–H and O–H groups in total. The van der Waals surface area contributed by atoms with Crippen LogP contribution in [0.4, 0.5) is 14.5 Å². The molecule has 0 aliphatic heterocycles. The normalized spacial score (nSPS) is 11.2. The molecule has 0 saturated carbocycles. The molecule has 3 aromatic rings. The van der Waals surface area contributed by atoms with Crippen LogP contribution < -0.4 is 9.62 Å². The van der Waals surface area contributed by atoms with Crippen molar-refractivity contribution in [2.24, 2.45) is 0 Å². The fraction of sp³-hybridized carbons (Fsp3) is 0.208. The summed E-state index contributed by atoms with van der Waals surface area (Å²) >= 11 is 0. The minimum atomic E-state index is -3.84. The third-order valence-corrected chi connectivity index (χ3v) is 5.89. The van der Waals surface area contributed by atoms with Gasteiger partial charge in [-0.2, -0.15) is 0 Å². The van der Waals surface area contributed by atoms with Crippen molar-refractivity contribution in [1.82, 2.24) is 5.32 Å². The van der Waals surface area contributed by atoms with Crippen LogP contribution in [0, 0.1) is 11.6 Å². The van der Waals surface area contributed by atoms with E-state index in [-0.39, 0.29) is 18.1 Å². The van der Waals surface area contributed by atoms with Crippen molar-refractivity contribution in [3.8, 4) is 0 Å². The summed E-state index contributed by atoms with van der Waals surface area (Å²) in [5.74, 6) is -2.08. The molecule has 0 aliphatic carbocycles. The summed E-state index contributed by atoms with van der Waals surface area (Å²) in [6.07, 6.45) is 0.942. The van der Waals surface area contributed by atoms with Crippen molar-refractivity contribution >= 4 is 21.6 Å². The summed E-state index contributed by atoms with van der Waals surface area (Å²) < 4.78 is 58.2. The van der Waals surface area contributed by atoms with Gasteiger partial charge in [-0.3, -0.25) is 9.10 Å². The van der Waals surface area contributed by atoms with Crippen molar-refractivity contribution in [1.29, 1.82) is 0 Å². The number of halogens is 2. The van der Waals surface area contributed by atoms with Crippen LogP contribution in [0.25, 0.3) is 0 Å². The maximum Gasteiger partial charge on any atom is 0.251 e. The quantitative estimate of drug-likeness (QED) is 0.453. The molecule has 0 unspecified atom stereocenters. The van der Waals surface area contributed by atoms with Crippen LogP contribution in [0.3, 0.4) is 0 Å². The van der Waals surface area contributed by atoms with Gasteiger partial charge in [-0.1, -0.05) is 42.5 Å². The maximum atomic E-state index is 14.2. The number of sulfonamides is 1. The molecule has 174 valence electrons. The highest BCUT2D eigenvalue weighted by Crippen LogP contribution is 2.25. The molecule has 3 rings (SSSR count). The van der Waals surface area contributed by atoms with Gasteiger partial charge in [-0.25, -0.2) is 17.2 Å². The Kier molecular flexibility index (Phi) is 8.13. The summed E-state index contributed by atoms with van der Waals surface area (Å²) in [6.45, 7) is 0.970. The maximum absolute atomic E-state index is 14.2. The number of carbonyl (C=O) groups excluding carboxylic acids is 1. The number of nitrogens with one attached hydrogen (secondary N) is 1. The predicted molar refractivity (Wildman–Crippen MR) is 122 cm³/mol. The predicted octanol–water partition coefficient (Wildman–Crippen LogP) is 3.88. The van der Waals surface area contributed by atoms with Gasteiger partial charge >= 0.3 is 0 Å². The largest absolute Gasteiger partial charge is 0.375 e. The summed E-state index contributed by atoms with van der Waals surface area (Å²) in [5, 5.41) is 2.75. The number of rotatable bonds is 10.